The number of unbranched alkanes of at least 4 members (excludes halogenated alkanes) is 1. The van der Waals surface area contributed by atoms with Gasteiger partial charge in [-0.15, -0.1) is 10.2 Å². The minimum Gasteiger partial charge on any atom is -0.493 e. The molecule has 0 amide bonds. The third kappa shape index (κ3) is 4.37. The smallest absolute Gasteiger partial charge is 0.247 e. The van der Waals surface area contributed by atoms with E-state index in [4.69, 9.17) is 13.9 Å². The number of methoxy groups -OCH3 is 1. The van der Waals surface area contributed by atoms with Crippen LogP contribution in [0.25, 0.3) is 11.5 Å². The molecule has 25 heavy (non-hydrogen) atoms. The second-order valence-electron chi connectivity index (χ2n) is 5.59. The fraction of sp³-hybridized carbons (Fsp3) is 0.389. The van der Waals surface area contributed by atoms with Crippen LogP contribution in [0.2, 0.25) is 0 Å². The monoisotopic (exact) mass is 342 g/mol. The molecular formula is C18H22N4O3. The zero-order chi connectivity index (χ0) is 17.5. The Morgan fingerprint density at radius 1 is 1.20 bits per heavy atom. The SMILES string of the molecule is CCCCOc1ccc(-c2nnc(CCn3cccn3)o2)cc1OC. The second kappa shape index (κ2) is 8.32. The Balaban J connectivity index is 1.68. The van der Waals surface area contributed by atoms with Crippen molar-refractivity contribution in [3.05, 3.63) is 42.5 Å². The first-order chi connectivity index (χ1) is 12.3. The van der Waals surface area contributed by atoms with Gasteiger partial charge in [0.2, 0.25) is 11.8 Å². The summed E-state index contributed by atoms with van der Waals surface area (Å²) in [7, 11) is 1.62. The molecule has 3 rings (SSSR count). The summed E-state index contributed by atoms with van der Waals surface area (Å²) in [5, 5.41) is 12.4. The van der Waals surface area contributed by atoms with Crippen LogP contribution in [0.1, 0.15) is 25.7 Å². The molecule has 0 unspecified atom stereocenters. The average molecular weight is 342 g/mol. The van der Waals surface area contributed by atoms with Crippen molar-refractivity contribution >= 4 is 0 Å². The Hall–Kier alpha value is -2.83. The van der Waals surface area contributed by atoms with Crippen molar-refractivity contribution in [3.8, 4) is 23.0 Å². The van der Waals surface area contributed by atoms with Crippen LogP contribution in [0.4, 0.5) is 0 Å². The van der Waals surface area contributed by atoms with Crippen molar-refractivity contribution in [2.24, 2.45) is 0 Å². The molecule has 0 saturated carbocycles. The Kier molecular flexibility index (Phi) is 5.66. The molecule has 0 bridgehead atoms. The number of aryl methyl sites for hydroxylation is 2. The molecule has 0 atom stereocenters. The predicted octanol–water partition coefficient (Wildman–Crippen LogP) is 3.36. The van der Waals surface area contributed by atoms with Gasteiger partial charge in [-0.1, -0.05) is 13.3 Å². The summed E-state index contributed by atoms with van der Waals surface area (Å²) in [4.78, 5) is 0. The van der Waals surface area contributed by atoms with Gasteiger partial charge in [0, 0.05) is 30.9 Å². The van der Waals surface area contributed by atoms with Gasteiger partial charge in [-0.05, 0) is 30.7 Å². The van der Waals surface area contributed by atoms with Gasteiger partial charge in [-0.3, -0.25) is 4.68 Å². The van der Waals surface area contributed by atoms with Crippen LogP contribution < -0.4 is 9.47 Å². The first-order valence-electron chi connectivity index (χ1n) is 8.41. The highest BCUT2D eigenvalue weighted by molar-refractivity contribution is 5.59. The first kappa shape index (κ1) is 17.0. The standard InChI is InChI=1S/C18H22N4O3/c1-3-4-12-24-15-7-6-14(13-16(15)23-2)18-21-20-17(25-18)8-11-22-10-5-9-19-22/h5-7,9-10,13H,3-4,8,11-12H2,1-2H3. The van der Waals surface area contributed by atoms with Crippen molar-refractivity contribution in [2.75, 3.05) is 13.7 Å². The molecule has 0 aliphatic heterocycles. The van der Waals surface area contributed by atoms with E-state index in [0.717, 1.165) is 24.2 Å². The zero-order valence-electron chi connectivity index (χ0n) is 14.5. The second-order valence-corrected chi connectivity index (χ2v) is 5.59. The maximum atomic E-state index is 5.75. The molecule has 7 heteroatoms. The molecule has 0 aliphatic rings. The summed E-state index contributed by atoms with van der Waals surface area (Å²) in [6.07, 6.45) is 6.37. The lowest BCUT2D eigenvalue weighted by molar-refractivity contribution is 0.288. The number of hydrogen-bond donors (Lipinski definition) is 0. The van der Waals surface area contributed by atoms with Gasteiger partial charge in [0.1, 0.15) is 0 Å². The van der Waals surface area contributed by atoms with E-state index < -0.39 is 0 Å². The van der Waals surface area contributed by atoms with Crippen molar-refractivity contribution < 1.29 is 13.9 Å². The van der Waals surface area contributed by atoms with Gasteiger partial charge in [-0.25, -0.2) is 0 Å². The third-order valence-electron chi connectivity index (χ3n) is 3.75. The molecule has 2 heterocycles. The Bertz CT molecular complexity index is 783. The van der Waals surface area contributed by atoms with Gasteiger partial charge >= 0.3 is 0 Å². The van der Waals surface area contributed by atoms with Crippen LogP contribution in [0, 0.1) is 0 Å². The molecule has 0 aliphatic carbocycles. The summed E-state index contributed by atoms with van der Waals surface area (Å²) >= 11 is 0. The molecular weight excluding hydrogens is 320 g/mol. The van der Waals surface area contributed by atoms with E-state index in [2.05, 4.69) is 22.2 Å². The van der Waals surface area contributed by atoms with E-state index in [0.29, 0.717) is 37.1 Å². The third-order valence-corrected chi connectivity index (χ3v) is 3.75. The van der Waals surface area contributed by atoms with Gasteiger partial charge in [0.15, 0.2) is 11.5 Å². The Labute approximate surface area is 146 Å². The molecule has 0 spiro atoms. The normalized spacial score (nSPS) is 10.8. The van der Waals surface area contributed by atoms with Crippen molar-refractivity contribution in [1.29, 1.82) is 0 Å². The molecule has 7 nitrogen and oxygen atoms in total. The van der Waals surface area contributed by atoms with E-state index in [1.807, 2.05) is 35.1 Å². The predicted molar refractivity (Wildman–Crippen MR) is 92.6 cm³/mol. The van der Waals surface area contributed by atoms with Crippen LogP contribution in [0.3, 0.4) is 0 Å². The highest BCUT2D eigenvalue weighted by Crippen LogP contribution is 2.32. The molecule has 2 aromatic heterocycles. The van der Waals surface area contributed by atoms with Gasteiger partial charge in [0.25, 0.3) is 0 Å². The number of hydrogen-bond acceptors (Lipinski definition) is 6. The fourth-order valence-electron chi connectivity index (χ4n) is 2.36. The highest BCUT2D eigenvalue weighted by Gasteiger charge is 2.12. The molecule has 0 N–H and O–H groups in total. The lowest BCUT2D eigenvalue weighted by Crippen LogP contribution is -2.01. The van der Waals surface area contributed by atoms with Crippen molar-refractivity contribution in [2.45, 2.75) is 32.7 Å². The van der Waals surface area contributed by atoms with E-state index in [1.54, 1.807) is 13.3 Å². The maximum absolute atomic E-state index is 5.75. The molecule has 3 aromatic rings. The molecule has 1 aromatic carbocycles. The molecule has 0 saturated heterocycles. The average Bonchev–Trinajstić information content (AvgIpc) is 3.32. The Morgan fingerprint density at radius 2 is 2.12 bits per heavy atom. The highest BCUT2D eigenvalue weighted by atomic mass is 16.5. The summed E-state index contributed by atoms with van der Waals surface area (Å²) in [6, 6.07) is 7.51. The quantitative estimate of drug-likeness (QED) is 0.555. The minimum atomic E-state index is 0.467. The molecule has 132 valence electrons. The number of ether oxygens (including phenoxy) is 2. The summed E-state index contributed by atoms with van der Waals surface area (Å²) < 4.78 is 18.7. The van der Waals surface area contributed by atoms with E-state index >= 15 is 0 Å². The number of rotatable bonds is 9. The first-order valence-corrected chi connectivity index (χ1v) is 8.41. The summed E-state index contributed by atoms with van der Waals surface area (Å²) in [5.74, 6) is 2.42. The van der Waals surface area contributed by atoms with Gasteiger partial charge < -0.3 is 13.9 Å². The summed E-state index contributed by atoms with van der Waals surface area (Å²) in [5.41, 5.74) is 0.803. The molecule has 0 radical (unpaired) electrons. The van der Waals surface area contributed by atoms with E-state index in [-0.39, 0.29) is 0 Å². The summed E-state index contributed by atoms with van der Waals surface area (Å²) in [6.45, 7) is 3.50. The minimum absolute atomic E-state index is 0.467. The van der Waals surface area contributed by atoms with Crippen LogP contribution in [0.15, 0.2) is 41.1 Å². The maximum Gasteiger partial charge on any atom is 0.247 e. The topological polar surface area (TPSA) is 75.2 Å². The molecule has 0 fully saturated rings. The van der Waals surface area contributed by atoms with Gasteiger partial charge in [-0.2, -0.15) is 5.10 Å². The van der Waals surface area contributed by atoms with Crippen LogP contribution in [-0.2, 0) is 13.0 Å². The number of benzene rings is 1. The zero-order valence-corrected chi connectivity index (χ0v) is 14.5. The van der Waals surface area contributed by atoms with Crippen LogP contribution in [0.5, 0.6) is 11.5 Å². The lowest BCUT2D eigenvalue weighted by atomic mass is 10.2. The van der Waals surface area contributed by atoms with E-state index in [9.17, 15) is 0 Å². The Morgan fingerprint density at radius 3 is 2.88 bits per heavy atom. The number of nitrogens with zero attached hydrogens (tertiary/aromatic N) is 4. The fourth-order valence-corrected chi connectivity index (χ4v) is 2.36. The van der Waals surface area contributed by atoms with Crippen molar-refractivity contribution in [1.82, 2.24) is 20.0 Å². The van der Waals surface area contributed by atoms with Crippen molar-refractivity contribution in [3.63, 3.8) is 0 Å². The van der Waals surface area contributed by atoms with Crippen LogP contribution >= 0.6 is 0 Å². The van der Waals surface area contributed by atoms with Gasteiger partial charge in [0.05, 0.1) is 13.7 Å². The lowest BCUT2D eigenvalue weighted by Gasteiger charge is -2.10. The van der Waals surface area contributed by atoms with E-state index in [1.165, 1.54) is 0 Å². The van der Waals surface area contributed by atoms with Crippen LogP contribution in [-0.4, -0.2) is 33.7 Å². The number of aromatic nitrogens is 4. The largest absolute Gasteiger partial charge is 0.493 e.